The summed E-state index contributed by atoms with van der Waals surface area (Å²) >= 11 is 5.63. The number of benzene rings is 1. The number of hydrogen-bond donors (Lipinski definition) is 2. The predicted octanol–water partition coefficient (Wildman–Crippen LogP) is 3.72. The monoisotopic (exact) mass is 478 g/mol. The molecule has 0 saturated carbocycles. The van der Waals surface area contributed by atoms with Crippen LogP contribution in [0.5, 0.6) is 0 Å². The van der Waals surface area contributed by atoms with E-state index in [0.717, 1.165) is 28.3 Å². The fraction of sp³-hybridized carbons (Fsp3) is 0.280. The van der Waals surface area contributed by atoms with Gasteiger partial charge in [0.25, 0.3) is 0 Å². The van der Waals surface area contributed by atoms with E-state index >= 15 is 0 Å². The summed E-state index contributed by atoms with van der Waals surface area (Å²) in [5.41, 5.74) is 4.59. The maximum atomic E-state index is 12.4. The number of pyridine rings is 1. The van der Waals surface area contributed by atoms with Crippen LogP contribution in [0.4, 0.5) is 0 Å². The van der Waals surface area contributed by atoms with Crippen LogP contribution in [0.2, 0.25) is 0 Å². The number of carbonyl (C=O) groups is 2. The van der Waals surface area contributed by atoms with Gasteiger partial charge in [0.05, 0.1) is 29.9 Å². The number of carboxylic acid groups (broad SMARTS) is 1. The van der Waals surface area contributed by atoms with E-state index < -0.39 is 5.97 Å². The van der Waals surface area contributed by atoms with Crippen molar-refractivity contribution < 1.29 is 19.4 Å². The number of aromatic carboxylic acids is 1. The van der Waals surface area contributed by atoms with Gasteiger partial charge in [-0.2, -0.15) is 0 Å². The Bertz CT molecular complexity index is 1240. The molecule has 8 nitrogen and oxygen atoms in total. The van der Waals surface area contributed by atoms with E-state index in [2.05, 4.69) is 16.4 Å². The summed E-state index contributed by atoms with van der Waals surface area (Å²) in [6.07, 6.45) is 1.73. The van der Waals surface area contributed by atoms with Gasteiger partial charge < -0.3 is 24.6 Å². The molecule has 1 fully saturated rings. The Morgan fingerprint density at radius 1 is 1.18 bits per heavy atom. The fourth-order valence-electron chi connectivity index (χ4n) is 4.52. The third-order valence-corrected chi connectivity index (χ3v) is 6.30. The summed E-state index contributed by atoms with van der Waals surface area (Å²) in [5, 5.41) is 13.2. The predicted molar refractivity (Wildman–Crippen MR) is 131 cm³/mol. The number of aryl methyl sites for hydroxylation is 1. The lowest BCUT2D eigenvalue weighted by Gasteiger charge is -2.27. The lowest BCUT2D eigenvalue weighted by atomic mass is 9.97. The van der Waals surface area contributed by atoms with Crippen molar-refractivity contribution in [2.24, 2.45) is 0 Å². The van der Waals surface area contributed by atoms with Crippen LogP contribution in [0.1, 0.15) is 52.0 Å². The molecular weight excluding hydrogens is 452 g/mol. The van der Waals surface area contributed by atoms with Gasteiger partial charge in [0.15, 0.2) is 5.11 Å². The van der Waals surface area contributed by atoms with Crippen LogP contribution in [-0.2, 0) is 9.53 Å². The summed E-state index contributed by atoms with van der Waals surface area (Å²) in [6.45, 7) is 6.01. The molecule has 176 valence electrons. The average molecular weight is 479 g/mol. The smallest absolute Gasteiger partial charge is 0.335 e. The SMILES string of the molecule is CCOC(=O)CN1C(=S)N[C@@H](c2ccccn2)[C@H]1c1cc(C)n(-c2cccc(C(=O)O)c2)c1C. The van der Waals surface area contributed by atoms with E-state index in [9.17, 15) is 14.7 Å². The van der Waals surface area contributed by atoms with Gasteiger partial charge in [-0.3, -0.25) is 9.78 Å². The molecule has 0 unspecified atom stereocenters. The van der Waals surface area contributed by atoms with Gasteiger partial charge >= 0.3 is 11.9 Å². The molecule has 0 radical (unpaired) electrons. The van der Waals surface area contributed by atoms with Crippen LogP contribution < -0.4 is 5.32 Å². The van der Waals surface area contributed by atoms with Gasteiger partial charge in [0, 0.05) is 23.3 Å². The highest BCUT2D eigenvalue weighted by Gasteiger charge is 2.42. The molecule has 1 aliphatic heterocycles. The highest BCUT2D eigenvalue weighted by atomic mass is 32.1. The van der Waals surface area contributed by atoms with E-state index in [1.807, 2.05) is 47.6 Å². The molecule has 3 aromatic rings. The largest absolute Gasteiger partial charge is 0.478 e. The van der Waals surface area contributed by atoms with Crippen LogP contribution in [-0.4, -0.2) is 49.8 Å². The van der Waals surface area contributed by atoms with Gasteiger partial charge in [0.1, 0.15) is 6.54 Å². The number of aromatic nitrogens is 2. The molecule has 2 aromatic heterocycles. The Hall–Kier alpha value is -3.72. The third-order valence-electron chi connectivity index (χ3n) is 5.94. The first-order valence-electron chi connectivity index (χ1n) is 11.0. The molecule has 0 spiro atoms. The summed E-state index contributed by atoms with van der Waals surface area (Å²) in [7, 11) is 0. The van der Waals surface area contributed by atoms with Crippen molar-refractivity contribution in [3.8, 4) is 5.69 Å². The molecule has 2 atom stereocenters. The first-order valence-corrected chi connectivity index (χ1v) is 11.4. The van der Waals surface area contributed by atoms with Gasteiger partial charge in [-0.25, -0.2) is 4.79 Å². The van der Waals surface area contributed by atoms with Gasteiger partial charge in [-0.1, -0.05) is 12.1 Å². The summed E-state index contributed by atoms with van der Waals surface area (Å²) in [6, 6.07) is 14.0. The van der Waals surface area contributed by atoms with E-state index in [1.165, 1.54) is 0 Å². The van der Waals surface area contributed by atoms with Crippen LogP contribution in [0.15, 0.2) is 54.7 Å². The molecule has 1 saturated heterocycles. The molecule has 1 aromatic carbocycles. The van der Waals surface area contributed by atoms with Crippen LogP contribution in [0.25, 0.3) is 5.69 Å². The molecular formula is C25H26N4O4S. The zero-order valence-electron chi connectivity index (χ0n) is 19.2. The second-order valence-electron chi connectivity index (χ2n) is 8.08. The van der Waals surface area contributed by atoms with Crippen molar-refractivity contribution in [2.75, 3.05) is 13.2 Å². The Morgan fingerprint density at radius 3 is 2.65 bits per heavy atom. The quantitative estimate of drug-likeness (QED) is 0.392. The second-order valence-corrected chi connectivity index (χ2v) is 8.46. The number of carboxylic acids is 1. The van der Waals surface area contributed by atoms with Crippen LogP contribution in [0, 0.1) is 13.8 Å². The zero-order chi connectivity index (χ0) is 24.4. The van der Waals surface area contributed by atoms with Crippen LogP contribution in [0.3, 0.4) is 0 Å². The maximum Gasteiger partial charge on any atom is 0.335 e. The van der Waals surface area contributed by atoms with Crippen molar-refractivity contribution in [3.05, 3.63) is 82.9 Å². The first-order chi connectivity index (χ1) is 16.3. The van der Waals surface area contributed by atoms with Crippen molar-refractivity contribution in [1.82, 2.24) is 19.8 Å². The molecule has 0 bridgehead atoms. The summed E-state index contributed by atoms with van der Waals surface area (Å²) in [4.78, 5) is 30.3. The molecule has 3 heterocycles. The van der Waals surface area contributed by atoms with Crippen molar-refractivity contribution in [3.63, 3.8) is 0 Å². The lowest BCUT2D eigenvalue weighted by molar-refractivity contribution is -0.143. The van der Waals surface area contributed by atoms with E-state index in [0.29, 0.717) is 5.11 Å². The number of hydrogen-bond acceptors (Lipinski definition) is 5. The molecule has 0 amide bonds. The standard InChI is InChI=1S/C25H26N4O4S/c1-4-33-21(30)14-28-23(22(27-25(28)34)20-10-5-6-11-26-20)19-12-15(2)29(16(19)3)18-9-7-8-17(13-18)24(31)32/h5-13,22-23H,4,14H2,1-3H3,(H,27,34)(H,31,32)/t22-,23+/m0/s1. The zero-order valence-corrected chi connectivity index (χ0v) is 20.0. The highest BCUT2D eigenvalue weighted by molar-refractivity contribution is 7.80. The lowest BCUT2D eigenvalue weighted by Crippen LogP contribution is -2.35. The number of nitrogens with zero attached hydrogens (tertiary/aromatic N) is 3. The fourth-order valence-corrected chi connectivity index (χ4v) is 4.83. The molecule has 0 aliphatic carbocycles. The molecule has 2 N–H and O–H groups in total. The maximum absolute atomic E-state index is 12.4. The van der Waals surface area contributed by atoms with Crippen molar-refractivity contribution >= 4 is 29.3 Å². The van der Waals surface area contributed by atoms with Crippen molar-refractivity contribution in [1.29, 1.82) is 0 Å². The molecule has 4 rings (SSSR count). The summed E-state index contributed by atoms with van der Waals surface area (Å²) < 4.78 is 7.21. The van der Waals surface area contributed by atoms with Crippen molar-refractivity contribution in [2.45, 2.75) is 32.9 Å². The van der Waals surface area contributed by atoms with E-state index in [4.69, 9.17) is 17.0 Å². The topological polar surface area (TPSA) is 96.7 Å². The highest BCUT2D eigenvalue weighted by Crippen LogP contribution is 2.41. The minimum Gasteiger partial charge on any atom is -0.478 e. The molecule has 9 heteroatoms. The van der Waals surface area contributed by atoms with E-state index in [1.54, 1.807) is 31.3 Å². The van der Waals surface area contributed by atoms with Crippen LogP contribution >= 0.6 is 12.2 Å². The molecule has 34 heavy (non-hydrogen) atoms. The number of carbonyl (C=O) groups excluding carboxylic acids is 1. The Kier molecular flexibility index (Phi) is 6.65. The summed E-state index contributed by atoms with van der Waals surface area (Å²) in [5.74, 6) is -1.34. The number of thiocarbonyl (C=S) groups is 1. The van der Waals surface area contributed by atoms with Gasteiger partial charge in [-0.05, 0) is 75.0 Å². The number of rotatable bonds is 7. The Morgan fingerprint density at radius 2 is 1.97 bits per heavy atom. The van der Waals surface area contributed by atoms with E-state index in [-0.39, 0.29) is 36.8 Å². The average Bonchev–Trinajstić information content (AvgIpc) is 3.29. The van der Waals surface area contributed by atoms with Gasteiger partial charge in [-0.15, -0.1) is 0 Å². The first kappa shape index (κ1) is 23.4. The third kappa shape index (κ3) is 4.38. The van der Waals surface area contributed by atoms with Gasteiger partial charge in [0.2, 0.25) is 0 Å². The number of nitrogens with one attached hydrogen (secondary N) is 1. The minimum absolute atomic E-state index is 0.00579. The Balaban J connectivity index is 1.82. The number of ether oxygens (including phenoxy) is 1. The normalized spacial score (nSPS) is 17.5. The molecule has 1 aliphatic rings. The minimum atomic E-state index is -0.981. The second kappa shape index (κ2) is 9.64. The Labute approximate surface area is 203 Å². The number of esters is 1.